The van der Waals surface area contributed by atoms with Crippen molar-refractivity contribution >= 4 is 17.6 Å². The highest BCUT2D eigenvalue weighted by atomic mass is 16.5. The van der Waals surface area contributed by atoms with Gasteiger partial charge in [0.15, 0.2) is 0 Å². The quantitative estimate of drug-likeness (QED) is 0.742. The Kier molecular flexibility index (Phi) is 6.94. The molecule has 4 N–H and O–H groups in total. The summed E-state index contributed by atoms with van der Waals surface area (Å²) in [4.78, 5) is 22.7. The number of hydrogen-bond donors (Lipinski definition) is 3. The molecule has 1 aromatic carbocycles. The summed E-state index contributed by atoms with van der Waals surface area (Å²) in [5, 5.41) is 11.5. The molecular weight excluding hydrogens is 336 g/mol. The number of nitrogens with one attached hydrogen (secondary N) is 1. The molecule has 2 rings (SSSR count). The van der Waals surface area contributed by atoms with E-state index >= 15 is 0 Å². The van der Waals surface area contributed by atoms with Gasteiger partial charge in [0, 0.05) is 23.7 Å². The van der Waals surface area contributed by atoms with E-state index in [1.165, 1.54) is 0 Å². The van der Waals surface area contributed by atoms with E-state index in [-0.39, 0.29) is 24.9 Å². The molecule has 1 heterocycles. The molecule has 7 nitrogen and oxygen atoms in total. The molecule has 1 amide bonds. The standard InChI is InChI=1S/C19H24N2O5/c1-12-3-4-13(2)26-17-9-15(6-5-14(17)11-25-10-12)21-18(22)8-7-16(20)19(23)24/h3-6,9,13,16H,1,7-8,10-11,20H2,2H3,(H,21,22)(H,23,24)/b4-3-. The number of fused-ring (bicyclic) bond motifs is 1. The summed E-state index contributed by atoms with van der Waals surface area (Å²) < 4.78 is 11.5. The van der Waals surface area contributed by atoms with E-state index in [1.54, 1.807) is 12.1 Å². The van der Waals surface area contributed by atoms with E-state index in [1.807, 2.05) is 25.1 Å². The third-order valence-corrected chi connectivity index (χ3v) is 3.81. The first-order valence-electron chi connectivity index (χ1n) is 8.36. The number of aliphatic carboxylic acids is 1. The van der Waals surface area contributed by atoms with Crippen molar-refractivity contribution < 1.29 is 24.2 Å². The number of hydrogen-bond acceptors (Lipinski definition) is 5. The summed E-state index contributed by atoms with van der Waals surface area (Å²) in [5.74, 6) is -0.805. The first-order chi connectivity index (χ1) is 12.3. The van der Waals surface area contributed by atoms with E-state index < -0.39 is 12.0 Å². The van der Waals surface area contributed by atoms with Gasteiger partial charge in [-0.2, -0.15) is 0 Å². The first kappa shape index (κ1) is 19.7. The monoisotopic (exact) mass is 360 g/mol. The van der Waals surface area contributed by atoms with Crippen LogP contribution in [0.2, 0.25) is 0 Å². The second-order valence-corrected chi connectivity index (χ2v) is 6.19. The Morgan fingerprint density at radius 2 is 2.19 bits per heavy atom. The van der Waals surface area contributed by atoms with Gasteiger partial charge in [-0.25, -0.2) is 0 Å². The molecule has 140 valence electrons. The summed E-state index contributed by atoms with van der Waals surface area (Å²) in [6.45, 7) is 6.62. The van der Waals surface area contributed by atoms with E-state index in [9.17, 15) is 9.59 Å². The van der Waals surface area contributed by atoms with Crippen molar-refractivity contribution in [1.29, 1.82) is 0 Å². The fraction of sp³-hybridized carbons (Fsp3) is 0.368. The van der Waals surface area contributed by atoms with Crippen LogP contribution in [0.15, 0.2) is 42.5 Å². The zero-order valence-electron chi connectivity index (χ0n) is 14.7. The van der Waals surface area contributed by atoms with Gasteiger partial charge in [-0.1, -0.05) is 18.7 Å². The van der Waals surface area contributed by atoms with Crippen molar-refractivity contribution in [1.82, 2.24) is 0 Å². The molecule has 7 heteroatoms. The molecule has 1 aromatic rings. The topological polar surface area (TPSA) is 111 Å². The molecule has 0 spiro atoms. The Bertz CT molecular complexity index is 714. The minimum atomic E-state index is -1.12. The molecule has 0 radical (unpaired) electrons. The number of benzene rings is 1. The summed E-state index contributed by atoms with van der Waals surface area (Å²) in [6.07, 6.45) is 3.69. The maximum absolute atomic E-state index is 12.0. The van der Waals surface area contributed by atoms with Gasteiger partial charge in [-0.15, -0.1) is 0 Å². The van der Waals surface area contributed by atoms with Gasteiger partial charge in [0.05, 0.1) is 13.2 Å². The minimum absolute atomic E-state index is 0.0236. The highest BCUT2D eigenvalue weighted by molar-refractivity contribution is 5.91. The molecule has 2 atom stereocenters. The molecular formula is C19H24N2O5. The van der Waals surface area contributed by atoms with Gasteiger partial charge < -0.3 is 25.6 Å². The molecule has 1 aliphatic rings. The number of anilines is 1. The van der Waals surface area contributed by atoms with Gasteiger partial charge in [0.1, 0.15) is 17.9 Å². The molecule has 0 bridgehead atoms. The number of ether oxygens (including phenoxy) is 2. The van der Waals surface area contributed by atoms with Gasteiger partial charge in [-0.3, -0.25) is 9.59 Å². The SMILES string of the molecule is C=C1/C=C\C(C)Oc2cc(NC(=O)CCC(N)C(=O)O)ccc2COC1. The molecule has 0 saturated heterocycles. The molecule has 0 aliphatic carbocycles. The van der Waals surface area contributed by atoms with Gasteiger partial charge in [0.25, 0.3) is 0 Å². The lowest BCUT2D eigenvalue weighted by atomic mass is 10.1. The lowest BCUT2D eigenvalue weighted by molar-refractivity contribution is -0.138. The zero-order valence-corrected chi connectivity index (χ0v) is 14.7. The Hall–Kier alpha value is -2.64. The summed E-state index contributed by atoms with van der Waals surface area (Å²) in [5.41, 5.74) is 7.71. The predicted molar refractivity (Wildman–Crippen MR) is 97.9 cm³/mol. The number of carboxylic acid groups (broad SMARTS) is 1. The number of amides is 1. The highest BCUT2D eigenvalue weighted by Crippen LogP contribution is 2.26. The van der Waals surface area contributed by atoms with Crippen molar-refractivity contribution in [3.8, 4) is 5.75 Å². The van der Waals surface area contributed by atoms with Crippen LogP contribution < -0.4 is 15.8 Å². The molecule has 2 unspecified atom stereocenters. The first-order valence-corrected chi connectivity index (χ1v) is 8.36. The lowest BCUT2D eigenvalue weighted by Gasteiger charge is -2.18. The maximum Gasteiger partial charge on any atom is 0.320 e. The number of rotatable bonds is 5. The molecule has 0 aromatic heterocycles. The van der Waals surface area contributed by atoms with Crippen LogP contribution in [0.1, 0.15) is 25.3 Å². The Morgan fingerprint density at radius 1 is 1.42 bits per heavy atom. The van der Waals surface area contributed by atoms with Crippen LogP contribution in [-0.4, -0.2) is 35.7 Å². The third kappa shape index (κ3) is 6.02. The normalized spacial score (nSPS) is 19.6. The van der Waals surface area contributed by atoms with E-state index in [4.69, 9.17) is 20.3 Å². The fourth-order valence-electron chi connectivity index (χ4n) is 2.35. The largest absolute Gasteiger partial charge is 0.486 e. The average Bonchev–Trinajstić information content (AvgIpc) is 2.59. The smallest absolute Gasteiger partial charge is 0.320 e. The van der Waals surface area contributed by atoms with E-state index in [2.05, 4.69) is 11.9 Å². The van der Waals surface area contributed by atoms with Crippen LogP contribution in [0.5, 0.6) is 5.75 Å². The van der Waals surface area contributed by atoms with Crippen molar-refractivity contribution in [3.63, 3.8) is 0 Å². The predicted octanol–water partition coefficient (Wildman–Crippen LogP) is 2.23. The molecule has 0 saturated carbocycles. The van der Waals surface area contributed by atoms with Crippen LogP contribution in [0.4, 0.5) is 5.69 Å². The molecule has 0 fully saturated rings. The second kappa shape index (κ2) is 9.17. The van der Waals surface area contributed by atoms with Gasteiger partial charge in [0.2, 0.25) is 5.91 Å². The van der Waals surface area contributed by atoms with Crippen molar-refractivity contribution in [2.24, 2.45) is 5.73 Å². The number of carboxylic acids is 1. The van der Waals surface area contributed by atoms with E-state index in [0.717, 1.165) is 11.1 Å². The Labute approximate surface area is 152 Å². The van der Waals surface area contributed by atoms with Gasteiger partial charge in [-0.05, 0) is 31.1 Å². The number of carbonyl (C=O) groups excluding carboxylic acids is 1. The van der Waals surface area contributed by atoms with Crippen molar-refractivity contribution in [2.75, 3.05) is 11.9 Å². The average molecular weight is 360 g/mol. The Morgan fingerprint density at radius 3 is 2.92 bits per heavy atom. The molecule has 26 heavy (non-hydrogen) atoms. The zero-order chi connectivity index (χ0) is 19.1. The minimum Gasteiger partial charge on any atom is -0.486 e. The summed E-state index contributed by atoms with van der Waals surface area (Å²) in [6, 6.07) is 4.26. The molecule has 1 aliphatic heterocycles. The van der Waals surface area contributed by atoms with Crippen LogP contribution >= 0.6 is 0 Å². The van der Waals surface area contributed by atoms with E-state index in [0.29, 0.717) is 24.7 Å². The number of nitrogens with two attached hydrogens (primary N) is 1. The van der Waals surface area contributed by atoms with Crippen molar-refractivity contribution in [3.05, 3.63) is 48.1 Å². The maximum atomic E-state index is 12.0. The van der Waals surface area contributed by atoms with Crippen LogP contribution in [0, 0.1) is 0 Å². The van der Waals surface area contributed by atoms with Gasteiger partial charge >= 0.3 is 5.97 Å². The highest BCUT2D eigenvalue weighted by Gasteiger charge is 2.15. The van der Waals surface area contributed by atoms with Crippen LogP contribution in [0.25, 0.3) is 0 Å². The third-order valence-electron chi connectivity index (χ3n) is 3.81. The fourth-order valence-corrected chi connectivity index (χ4v) is 2.35. The van der Waals surface area contributed by atoms with Crippen LogP contribution in [-0.2, 0) is 20.9 Å². The second-order valence-electron chi connectivity index (χ2n) is 6.19. The lowest BCUT2D eigenvalue weighted by Crippen LogP contribution is -2.31. The van der Waals surface area contributed by atoms with Crippen molar-refractivity contribution in [2.45, 2.75) is 38.5 Å². The Balaban J connectivity index is 2.05. The van der Waals surface area contributed by atoms with Crippen LogP contribution in [0.3, 0.4) is 0 Å². The number of carbonyl (C=O) groups is 2. The summed E-state index contributed by atoms with van der Waals surface area (Å²) >= 11 is 0. The summed E-state index contributed by atoms with van der Waals surface area (Å²) in [7, 11) is 0.